The van der Waals surface area contributed by atoms with Crippen LogP contribution in [0.1, 0.15) is 19.4 Å². The van der Waals surface area contributed by atoms with Gasteiger partial charge in [-0.1, -0.05) is 54.6 Å². The fraction of sp³-hybridized carbons (Fsp3) is 0.190. The number of hydrogen-bond acceptors (Lipinski definition) is 2. The maximum absolute atomic E-state index is 12.9. The number of rotatable bonds is 4. The predicted molar refractivity (Wildman–Crippen MR) is 98.6 cm³/mol. The van der Waals surface area contributed by atoms with Crippen LogP contribution >= 0.6 is 0 Å². The SMILES string of the molecule is COc1ccc(NC(=O)C(C)(C)c2ccccc2)c2ccccc12. The Kier molecular flexibility index (Phi) is 4.26. The number of nitrogens with one attached hydrogen (secondary N) is 1. The molecule has 3 heteroatoms. The van der Waals surface area contributed by atoms with E-state index in [0.717, 1.165) is 27.8 Å². The van der Waals surface area contributed by atoms with E-state index in [0.29, 0.717) is 0 Å². The number of ether oxygens (including phenoxy) is 1. The highest BCUT2D eigenvalue weighted by Gasteiger charge is 2.30. The lowest BCUT2D eigenvalue weighted by molar-refractivity contribution is -0.120. The summed E-state index contributed by atoms with van der Waals surface area (Å²) >= 11 is 0. The van der Waals surface area contributed by atoms with Gasteiger partial charge in [0.25, 0.3) is 0 Å². The number of benzene rings is 3. The quantitative estimate of drug-likeness (QED) is 0.752. The van der Waals surface area contributed by atoms with Gasteiger partial charge in [-0.05, 0) is 31.5 Å². The molecule has 3 aromatic carbocycles. The van der Waals surface area contributed by atoms with Gasteiger partial charge in [0.15, 0.2) is 0 Å². The Morgan fingerprint density at radius 1 is 0.875 bits per heavy atom. The second kappa shape index (κ2) is 6.36. The largest absolute Gasteiger partial charge is 0.496 e. The molecule has 0 radical (unpaired) electrons. The van der Waals surface area contributed by atoms with Gasteiger partial charge in [-0.3, -0.25) is 4.79 Å². The van der Waals surface area contributed by atoms with E-state index >= 15 is 0 Å². The summed E-state index contributed by atoms with van der Waals surface area (Å²) in [6.45, 7) is 3.87. The zero-order valence-electron chi connectivity index (χ0n) is 14.2. The van der Waals surface area contributed by atoms with Crippen molar-refractivity contribution >= 4 is 22.4 Å². The van der Waals surface area contributed by atoms with Crippen LogP contribution in [0, 0.1) is 0 Å². The summed E-state index contributed by atoms with van der Waals surface area (Å²) in [7, 11) is 1.65. The summed E-state index contributed by atoms with van der Waals surface area (Å²) in [6, 6.07) is 21.5. The van der Waals surface area contributed by atoms with Crippen molar-refractivity contribution in [3.05, 3.63) is 72.3 Å². The molecule has 0 atom stereocenters. The molecular weight excluding hydrogens is 298 g/mol. The molecule has 1 N–H and O–H groups in total. The molecule has 3 rings (SSSR count). The highest BCUT2D eigenvalue weighted by atomic mass is 16.5. The summed E-state index contributed by atoms with van der Waals surface area (Å²) in [6.07, 6.45) is 0. The highest BCUT2D eigenvalue weighted by molar-refractivity contribution is 6.07. The van der Waals surface area contributed by atoms with E-state index in [9.17, 15) is 4.79 Å². The molecule has 122 valence electrons. The van der Waals surface area contributed by atoms with Crippen LogP contribution in [-0.2, 0) is 10.2 Å². The van der Waals surface area contributed by atoms with Crippen LogP contribution in [0.3, 0.4) is 0 Å². The molecule has 0 aliphatic heterocycles. The van der Waals surface area contributed by atoms with Gasteiger partial charge in [-0.25, -0.2) is 0 Å². The van der Waals surface area contributed by atoms with Gasteiger partial charge in [0.2, 0.25) is 5.91 Å². The minimum absolute atomic E-state index is 0.0379. The molecule has 0 saturated carbocycles. The van der Waals surface area contributed by atoms with Gasteiger partial charge in [0.1, 0.15) is 5.75 Å². The molecule has 0 heterocycles. The van der Waals surface area contributed by atoms with Crippen molar-refractivity contribution in [1.29, 1.82) is 0 Å². The topological polar surface area (TPSA) is 38.3 Å². The predicted octanol–water partition coefficient (Wildman–Crippen LogP) is 4.76. The minimum atomic E-state index is -0.623. The average Bonchev–Trinajstić information content (AvgIpc) is 2.62. The van der Waals surface area contributed by atoms with Crippen LogP contribution < -0.4 is 10.1 Å². The van der Waals surface area contributed by atoms with Crippen molar-refractivity contribution in [3.8, 4) is 5.75 Å². The Morgan fingerprint density at radius 3 is 2.17 bits per heavy atom. The molecule has 3 aromatic rings. The summed E-state index contributed by atoms with van der Waals surface area (Å²) in [5, 5.41) is 5.03. The van der Waals surface area contributed by atoms with Crippen LogP contribution in [-0.4, -0.2) is 13.0 Å². The second-order valence-corrected chi connectivity index (χ2v) is 6.31. The molecule has 0 bridgehead atoms. The lowest BCUT2D eigenvalue weighted by Gasteiger charge is -2.24. The normalized spacial score (nSPS) is 11.3. The van der Waals surface area contributed by atoms with Crippen LogP contribution in [0.5, 0.6) is 5.75 Å². The van der Waals surface area contributed by atoms with Gasteiger partial charge in [-0.2, -0.15) is 0 Å². The summed E-state index contributed by atoms with van der Waals surface area (Å²) in [4.78, 5) is 12.9. The van der Waals surface area contributed by atoms with E-state index in [1.807, 2.05) is 80.6 Å². The highest BCUT2D eigenvalue weighted by Crippen LogP contribution is 2.33. The molecule has 3 nitrogen and oxygen atoms in total. The van der Waals surface area contributed by atoms with Gasteiger partial charge in [0, 0.05) is 16.5 Å². The van der Waals surface area contributed by atoms with Crippen LogP contribution in [0.15, 0.2) is 66.7 Å². The number of anilines is 1. The second-order valence-electron chi connectivity index (χ2n) is 6.31. The molecular formula is C21H21NO2. The van der Waals surface area contributed by atoms with E-state index in [1.165, 1.54) is 0 Å². The van der Waals surface area contributed by atoms with Crippen molar-refractivity contribution in [2.45, 2.75) is 19.3 Å². The molecule has 0 fully saturated rings. The molecule has 0 saturated heterocycles. The molecule has 0 aliphatic rings. The van der Waals surface area contributed by atoms with E-state index in [-0.39, 0.29) is 5.91 Å². The van der Waals surface area contributed by atoms with Crippen molar-refractivity contribution in [1.82, 2.24) is 0 Å². The van der Waals surface area contributed by atoms with Crippen LogP contribution in [0.2, 0.25) is 0 Å². The van der Waals surface area contributed by atoms with Crippen molar-refractivity contribution < 1.29 is 9.53 Å². The van der Waals surface area contributed by atoms with E-state index in [4.69, 9.17) is 4.74 Å². The Balaban J connectivity index is 1.97. The number of fused-ring (bicyclic) bond motifs is 1. The molecule has 0 aliphatic carbocycles. The Bertz CT molecular complexity index is 869. The first kappa shape index (κ1) is 16.1. The molecule has 1 amide bonds. The van der Waals surface area contributed by atoms with Crippen LogP contribution in [0.25, 0.3) is 10.8 Å². The Hall–Kier alpha value is -2.81. The molecule has 0 unspecified atom stereocenters. The third-order valence-electron chi connectivity index (χ3n) is 4.42. The molecule has 24 heavy (non-hydrogen) atoms. The fourth-order valence-corrected chi connectivity index (χ4v) is 2.82. The number of methoxy groups -OCH3 is 1. The fourth-order valence-electron chi connectivity index (χ4n) is 2.82. The Morgan fingerprint density at radius 2 is 1.50 bits per heavy atom. The number of hydrogen-bond donors (Lipinski definition) is 1. The van der Waals surface area contributed by atoms with Gasteiger partial charge >= 0.3 is 0 Å². The summed E-state index contributed by atoms with van der Waals surface area (Å²) in [5.74, 6) is 0.759. The zero-order valence-corrected chi connectivity index (χ0v) is 14.2. The monoisotopic (exact) mass is 319 g/mol. The van der Waals surface area contributed by atoms with Crippen molar-refractivity contribution in [3.63, 3.8) is 0 Å². The van der Waals surface area contributed by atoms with E-state index < -0.39 is 5.41 Å². The van der Waals surface area contributed by atoms with Gasteiger partial charge < -0.3 is 10.1 Å². The van der Waals surface area contributed by atoms with Gasteiger partial charge in [-0.15, -0.1) is 0 Å². The summed E-state index contributed by atoms with van der Waals surface area (Å²) < 4.78 is 5.41. The van der Waals surface area contributed by atoms with Crippen LogP contribution in [0.4, 0.5) is 5.69 Å². The molecule has 0 spiro atoms. The first-order valence-corrected chi connectivity index (χ1v) is 7.97. The van der Waals surface area contributed by atoms with E-state index in [1.54, 1.807) is 7.11 Å². The van der Waals surface area contributed by atoms with Crippen molar-refractivity contribution in [2.24, 2.45) is 0 Å². The number of carbonyl (C=O) groups is 1. The third kappa shape index (κ3) is 2.85. The van der Waals surface area contributed by atoms with Gasteiger partial charge in [0.05, 0.1) is 12.5 Å². The summed E-state index contributed by atoms with van der Waals surface area (Å²) in [5.41, 5.74) is 1.16. The molecule has 0 aromatic heterocycles. The lowest BCUT2D eigenvalue weighted by Crippen LogP contribution is -2.34. The minimum Gasteiger partial charge on any atom is -0.496 e. The standard InChI is InChI=1S/C21H21NO2/c1-21(2,15-9-5-4-6-10-15)20(23)22-18-13-14-19(24-3)17-12-8-7-11-16(17)18/h4-14H,1-3H3,(H,22,23). The first-order valence-electron chi connectivity index (χ1n) is 7.97. The Labute approximate surface area is 142 Å². The average molecular weight is 319 g/mol. The lowest BCUT2D eigenvalue weighted by atomic mass is 9.83. The zero-order chi connectivity index (χ0) is 17.2. The first-order chi connectivity index (χ1) is 11.5. The third-order valence-corrected chi connectivity index (χ3v) is 4.42. The number of amides is 1. The number of carbonyl (C=O) groups excluding carboxylic acids is 1. The van der Waals surface area contributed by atoms with Crippen molar-refractivity contribution in [2.75, 3.05) is 12.4 Å². The maximum Gasteiger partial charge on any atom is 0.234 e. The maximum atomic E-state index is 12.9. The van der Waals surface area contributed by atoms with E-state index in [2.05, 4.69) is 5.32 Å². The smallest absolute Gasteiger partial charge is 0.234 e.